The molecular weight excluding hydrogens is 268 g/mol. The van der Waals surface area contributed by atoms with Crippen LogP contribution in [0.4, 0.5) is 0 Å². The lowest BCUT2D eigenvalue weighted by Gasteiger charge is -2.26. The van der Waals surface area contributed by atoms with Crippen molar-refractivity contribution in [1.82, 2.24) is 9.80 Å². The van der Waals surface area contributed by atoms with E-state index >= 15 is 0 Å². The predicted octanol–water partition coefficient (Wildman–Crippen LogP) is -1.19. The first-order chi connectivity index (χ1) is 9.58. The van der Waals surface area contributed by atoms with Gasteiger partial charge in [0.1, 0.15) is 0 Å². The summed E-state index contributed by atoms with van der Waals surface area (Å²) >= 11 is 0. The monoisotopic (exact) mass is 290 g/mol. The summed E-state index contributed by atoms with van der Waals surface area (Å²) in [5, 5.41) is 17.7. The summed E-state index contributed by atoms with van der Waals surface area (Å²) in [6, 6.07) is 0. The van der Waals surface area contributed by atoms with E-state index in [-0.39, 0.29) is 13.1 Å². The van der Waals surface area contributed by atoms with Gasteiger partial charge in [-0.25, -0.2) is 0 Å². The van der Waals surface area contributed by atoms with Crippen LogP contribution in [0.3, 0.4) is 0 Å². The quantitative estimate of drug-likeness (QED) is 0.666. The van der Waals surface area contributed by atoms with Crippen LogP contribution >= 0.6 is 0 Å². The Hall–Kier alpha value is -1.22. The fourth-order valence-corrected chi connectivity index (χ4v) is 1.91. The van der Waals surface area contributed by atoms with Crippen molar-refractivity contribution in [1.29, 1.82) is 0 Å². The Bertz CT molecular complexity index is 282. The molecule has 1 rings (SSSR count). The topological polar surface area (TPSA) is 99.5 Å². The molecule has 2 N–H and O–H groups in total. The van der Waals surface area contributed by atoms with Crippen LogP contribution in [0.2, 0.25) is 0 Å². The number of nitrogens with zero attached hydrogens (tertiary/aromatic N) is 2. The maximum atomic E-state index is 10.8. The van der Waals surface area contributed by atoms with Gasteiger partial charge < -0.3 is 19.7 Å². The highest BCUT2D eigenvalue weighted by atomic mass is 16.5. The van der Waals surface area contributed by atoms with E-state index in [1.807, 2.05) is 0 Å². The number of carboxylic acids is 2. The molecule has 1 saturated heterocycles. The zero-order valence-electron chi connectivity index (χ0n) is 11.5. The van der Waals surface area contributed by atoms with Gasteiger partial charge in [0, 0.05) is 26.2 Å². The van der Waals surface area contributed by atoms with Gasteiger partial charge in [-0.15, -0.1) is 0 Å². The smallest absolute Gasteiger partial charge is 0.317 e. The molecule has 0 aliphatic carbocycles. The van der Waals surface area contributed by atoms with Crippen molar-refractivity contribution < 1.29 is 29.3 Å². The number of carbonyl (C=O) groups is 2. The van der Waals surface area contributed by atoms with E-state index in [2.05, 4.69) is 0 Å². The Kier molecular flexibility index (Phi) is 8.12. The minimum Gasteiger partial charge on any atom is -0.480 e. The molecule has 0 aromatic carbocycles. The molecule has 116 valence electrons. The SMILES string of the molecule is O=C(O)CN1CCOCCOCCN(CC(=O)O)CC1. The molecule has 0 atom stereocenters. The van der Waals surface area contributed by atoms with E-state index in [1.54, 1.807) is 9.80 Å². The Morgan fingerprint density at radius 3 is 1.50 bits per heavy atom. The van der Waals surface area contributed by atoms with E-state index in [4.69, 9.17) is 19.7 Å². The van der Waals surface area contributed by atoms with Gasteiger partial charge in [-0.1, -0.05) is 0 Å². The van der Waals surface area contributed by atoms with Crippen LogP contribution in [-0.2, 0) is 19.1 Å². The first-order valence-electron chi connectivity index (χ1n) is 6.61. The fraction of sp³-hybridized carbons (Fsp3) is 0.833. The third-order valence-corrected chi connectivity index (χ3v) is 2.93. The summed E-state index contributed by atoms with van der Waals surface area (Å²) in [6.45, 7) is 3.65. The maximum absolute atomic E-state index is 10.8. The minimum absolute atomic E-state index is 0.0687. The second-order valence-corrected chi connectivity index (χ2v) is 4.56. The van der Waals surface area contributed by atoms with Crippen LogP contribution in [0.15, 0.2) is 0 Å². The van der Waals surface area contributed by atoms with E-state index in [0.717, 1.165) is 0 Å². The zero-order chi connectivity index (χ0) is 14.8. The molecule has 1 fully saturated rings. The molecule has 0 radical (unpaired) electrons. The lowest BCUT2D eigenvalue weighted by Crippen LogP contribution is -2.42. The Morgan fingerprint density at radius 1 is 0.750 bits per heavy atom. The summed E-state index contributed by atoms with van der Waals surface area (Å²) in [5.74, 6) is -1.80. The standard InChI is InChI=1S/C12H22N2O6/c15-11(16)9-13-1-2-14(10-12(17)18)4-6-20-8-7-19-5-3-13/h1-10H2,(H,15,16)(H,17,18). The van der Waals surface area contributed by atoms with Crippen molar-refractivity contribution in [3.8, 4) is 0 Å². The summed E-state index contributed by atoms with van der Waals surface area (Å²) in [7, 11) is 0. The van der Waals surface area contributed by atoms with Gasteiger partial charge >= 0.3 is 11.9 Å². The van der Waals surface area contributed by atoms with Crippen LogP contribution in [-0.4, -0.2) is 97.6 Å². The highest BCUT2D eigenvalue weighted by molar-refractivity contribution is 5.69. The van der Waals surface area contributed by atoms with Gasteiger partial charge in [-0.3, -0.25) is 19.4 Å². The number of hydrogen-bond acceptors (Lipinski definition) is 6. The van der Waals surface area contributed by atoms with Crippen molar-refractivity contribution in [3.05, 3.63) is 0 Å². The summed E-state index contributed by atoms with van der Waals surface area (Å²) in [5.41, 5.74) is 0. The third-order valence-electron chi connectivity index (χ3n) is 2.93. The Morgan fingerprint density at radius 2 is 1.15 bits per heavy atom. The van der Waals surface area contributed by atoms with Gasteiger partial charge in [0.05, 0.1) is 39.5 Å². The average Bonchev–Trinajstić information content (AvgIpc) is 2.34. The number of ether oxygens (including phenoxy) is 2. The summed E-state index contributed by atoms with van der Waals surface area (Å²) in [6.07, 6.45) is 0. The molecule has 1 heterocycles. The van der Waals surface area contributed by atoms with Crippen molar-refractivity contribution in [2.45, 2.75) is 0 Å². The third kappa shape index (κ3) is 8.05. The summed E-state index contributed by atoms with van der Waals surface area (Å²) < 4.78 is 10.7. The molecule has 20 heavy (non-hydrogen) atoms. The molecule has 0 amide bonds. The molecule has 0 aromatic heterocycles. The van der Waals surface area contributed by atoms with E-state index in [0.29, 0.717) is 52.6 Å². The highest BCUT2D eigenvalue weighted by Gasteiger charge is 2.15. The van der Waals surface area contributed by atoms with Crippen molar-refractivity contribution in [2.75, 3.05) is 65.7 Å². The molecule has 0 unspecified atom stereocenters. The fourth-order valence-electron chi connectivity index (χ4n) is 1.91. The van der Waals surface area contributed by atoms with Crippen LogP contribution in [0.5, 0.6) is 0 Å². The average molecular weight is 290 g/mol. The van der Waals surface area contributed by atoms with Gasteiger partial charge in [0.15, 0.2) is 0 Å². The lowest BCUT2D eigenvalue weighted by molar-refractivity contribution is -0.140. The van der Waals surface area contributed by atoms with E-state index < -0.39 is 11.9 Å². The van der Waals surface area contributed by atoms with Crippen LogP contribution < -0.4 is 0 Å². The van der Waals surface area contributed by atoms with Gasteiger partial charge in [-0.2, -0.15) is 0 Å². The molecule has 0 saturated carbocycles. The zero-order valence-corrected chi connectivity index (χ0v) is 11.5. The highest BCUT2D eigenvalue weighted by Crippen LogP contribution is 1.96. The summed E-state index contributed by atoms with van der Waals surface area (Å²) in [4.78, 5) is 25.1. The van der Waals surface area contributed by atoms with Crippen LogP contribution in [0.1, 0.15) is 0 Å². The normalized spacial score (nSPS) is 20.8. The number of rotatable bonds is 4. The largest absolute Gasteiger partial charge is 0.480 e. The molecule has 8 nitrogen and oxygen atoms in total. The van der Waals surface area contributed by atoms with Gasteiger partial charge in [0.25, 0.3) is 0 Å². The second-order valence-electron chi connectivity index (χ2n) is 4.56. The second kappa shape index (κ2) is 9.65. The van der Waals surface area contributed by atoms with Gasteiger partial charge in [-0.05, 0) is 0 Å². The number of carboxylic acid groups (broad SMARTS) is 2. The first-order valence-corrected chi connectivity index (χ1v) is 6.61. The molecule has 1 aliphatic rings. The Labute approximate surface area is 117 Å². The minimum atomic E-state index is -0.898. The Balaban J connectivity index is 2.52. The first kappa shape index (κ1) is 16.8. The van der Waals surface area contributed by atoms with Gasteiger partial charge in [0.2, 0.25) is 0 Å². The van der Waals surface area contributed by atoms with Crippen molar-refractivity contribution in [2.24, 2.45) is 0 Å². The molecule has 1 aliphatic heterocycles. The lowest BCUT2D eigenvalue weighted by atomic mass is 10.4. The van der Waals surface area contributed by atoms with Crippen molar-refractivity contribution >= 4 is 11.9 Å². The van der Waals surface area contributed by atoms with E-state index in [9.17, 15) is 9.59 Å². The van der Waals surface area contributed by atoms with E-state index in [1.165, 1.54) is 0 Å². The molecular formula is C12H22N2O6. The molecule has 0 aromatic rings. The molecule has 0 bridgehead atoms. The molecule has 0 spiro atoms. The predicted molar refractivity (Wildman–Crippen MR) is 69.8 cm³/mol. The van der Waals surface area contributed by atoms with Crippen molar-refractivity contribution in [3.63, 3.8) is 0 Å². The van der Waals surface area contributed by atoms with Crippen LogP contribution in [0, 0.1) is 0 Å². The number of hydrogen-bond donors (Lipinski definition) is 2. The number of aliphatic carboxylic acids is 2. The maximum Gasteiger partial charge on any atom is 0.317 e. The molecule has 8 heteroatoms. The van der Waals surface area contributed by atoms with Crippen LogP contribution in [0.25, 0.3) is 0 Å².